The van der Waals surface area contributed by atoms with Crippen molar-refractivity contribution in [1.82, 2.24) is 19.7 Å². The highest BCUT2D eigenvalue weighted by atomic mass is 79.9. The zero-order valence-electron chi connectivity index (χ0n) is 16.6. The number of nitrogens with zero attached hydrogens (tertiary/aromatic N) is 4. The number of nitrogens with one attached hydrogen (secondary N) is 1. The normalized spacial score (nSPS) is 14.5. The van der Waals surface area contributed by atoms with Crippen LogP contribution in [0.3, 0.4) is 0 Å². The predicted molar refractivity (Wildman–Crippen MR) is 126 cm³/mol. The van der Waals surface area contributed by atoms with Gasteiger partial charge >= 0.3 is 0 Å². The lowest BCUT2D eigenvalue weighted by Gasteiger charge is -2.26. The summed E-state index contributed by atoms with van der Waals surface area (Å²) in [5, 5.41) is 12.9. The minimum atomic E-state index is -0.138. The number of halogens is 2. The van der Waals surface area contributed by atoms with Gasteiger partial charge in [0.2, 0.25) is 5.91 Å². The lowest BCUT2D eigenvalue weighted by Crippen LogP contribution is -2.36. The fourth-order valence-corrected chi connectivity index (χ4v) is 4.39. The second-order valence-electron chi connectivity index (χ2n) is 6.92. The van der Waals surface area contributed by atoms with Gasteiger partial charge in [-0.2, -0.15) is 0 Å². The molecule has 162 valence electrons. The first-order valence-electron chi connectivity index (χ1n) is 9.77. The molecule has 0 unspecified atom stereocenters. The van der Waals surface area contributed by atoms with E-state index in [4.69, 9.17) is 16.3 Å². The van der Waals surface area contributed by atoms with E-state index in [2.05, 4.69) is 36.3 Å². The van der Waals surface area contributed by atoms with Gasteiger partial charge in [0, 0.05) is 28.9 Å². The van der Waals surface area contributed by atoms with E-state index >= 15 is 0 Å². The first kappa shape index (κ1) is 22.3. The topological polar surface area (TPSA) is 72.3 Å². The number of carbonyl (C=O) groups excluding carboxylic acids is 1. The molecular formula is C21H21BrClN5O2S. The highest BCUT2D eigenvalue weighted by Gasteiger charge is 2.19. The number of anilines is 1. The molecule has 1 aromatic heterocycles. The number of rotatable bonds is 7. The molecule has 2 heterocycles. The van der Waals surface area contributed by atoms with E-state index in [0.717, 1.165) is 42.3 Å². The number of hydrogen-bond donors (Lipinski definition) is 1. The highest BCUT2D eigenvalue weighted by Crippen LogP contribution is 2.26. The van der Waals surface area contributed by atoms with Crippen molar-refractivity contribution in [2.75, 3.05) is 37.4 Å². The van der Waals surface area contributed by atoms with Crippen LogP contribution in [0.25, 0.3) is 5.69 Å². The van der Waals surface area contributed by atoms with Crippen molar-refractivity contribution in [2.24, 2.45) is 0 Å². The molecule has 0 spiro atoms. The summed E-state index contributed by atoms with van der Waals surface area (Å²) in [6.07, 6.45) is 0. The number of amides is 1. The summed E-state index contributed by atoms with van der Waals surface area (Å²) in [6.45, 7) is 3.85. The number of thioether (sulfide) groups is 1. The lowest BCUT2D eigenvalue weighted by atomic mass is 10.3. The Morgan fingerprint density at radius 1 is 1.16 bits per heavy atom. The molecule has 31 heavy (non-hydrogen) atoms. The van der Waals surface area contributed by atoms with Gasteiger partial charge in [0.1, 0.15) is 0 Å². The van der Waals surface area contributed by atoms with Gasteiger partial charge in [0.25, 0.3) is 0 Å². The number of hydrogen-bond acceptors (Lipinski definition) is 6. The molecule has 1 fully saturated rings. The van der Waals surface area contributed by atoms with Gasteiger partial charge in [-0.25, -0.2) is 0 Å². The Hall–Kier alpha value is -1.91. The first-order chi connectivity index (χ1) is 15.1. The standard InChI is InChI=1S/C21H21BrClN5O2S/c22-17-7-6-15(12-18(17)23)24-20(29)14-31-21-26-25-19(13-27-8-10-30-11-9-27)28(21)16-4-2-1-3-5-16/h1-7,12H,8-11,13-14H2,(H,24,29). The number of aromatic nitrogens is 3. The zero-order chi connectivity index (χ0) is 21.6. The summed E-state index contributed by atoms with van der Waals surface area (Å²) in [4.78, 5) is 14.8. The number of carbonyl (C=O) groups is 1. The first-order valence-corrected chi connectivity index (χ1v) is 11.9. The highest BCUT2D eigenvalue weighted by molar-refractivity contribution is 9.10. The molecule has 0 atom stereocenters. The Morgan fingerprint density at radius 2 is 1.94 bits per heavy atom. The van der Waals surface area contributed by atoms with Gasteiger partial charge in [0.05, 0.1) is 30.5 Å². The molecule has 0 radical (unpaired) electrons. The van der Waals surface area contributed by atoms with Crippen LogP contribution in [0.1, 0.15) is 5.82 Å². The molecule has 0 saturated carbocycles. The quantitative estimate of drug-likeness (QED) is 0.468. The Balaban J connectivity index is 1.48. The van der Waals surface area contributed by atoms with Crippen LogP contribution in [0.2, 0.25) is 5.02 Å². The molecule has 1 amide bonds. The van der Waals surface area contributed by atoms with Crippen molar-refractivity contribution in [1.29, 1.82) is 0 Å². The van der Waals surface area contributed by atoms with E-state index in [9.17, 15) is 4.79 Å². The van der Waals surface area contributed by atoms with Crippen LogP contribution in [0.4, 0.5) is 5.69 Å². The molecular weight excluding hydrogens is 502 g/mol. The third-order valence-electron chi connectivity index (χ3n) is 4.72. The Morgan fingerprint density at radius 3 is 2.68 bits per heavy atom. The zero-order valence-corrected chi connectivity index (χ0v) is 19.8. The second kappa shape index (κ2) is 10.6. The summed E-state index contributed by atoms with van der Waals surface area (Å²) in [7, 11) is 0. The molecule has 1 N–H and O–H groups in total. The van der Waals surface area contributed by atoms with Gasteiger partial charge in [-0.05, 0) is 46.3 Å². The molecule has 7 nitrogen and oxygen atoms in total. The van der Waals surface area contributed by atoms with Crippen molar-refractivity contribution in [3.63, 3.8) is 0 Å². The van der Waals surface area contributed by atoms with E-state index in [-0.39, 0.29) is 11.7 Å². The van der Waals surface area contributed by atoms with Crippen LogP contribution < -0.4 is 5.32 Å². The van der Waals surface area contributed by atoms with Crippen LogP contribution in [-0.4, -0.2) is 57.6 Å². The van der Waals surface area contributed by atoms with Gasteiger partial charge in [-0.15, -0.1) is 10.2 Å². The maximum absolute atomic E-state index is 12.5. The fourth-order valence-electron chi connectivity index (χ4n) is 3.19. The monoisotopic (exact) mass is 521 g/mol. The summed E-state index contributed by atoms with van der Waals surface area (Å²) in [6, 6.07) is 15.3. The third-order valence-corrected chi connectivity index (χ3v) is 6.88. The largest absolute Gasteiger partial charge is 0.379 e. The third kappa shape index (κ3) is 5.87. The van der Waals surface area contributed by atoms with E-state index in [1.165, 1.54) is 11.8 Å². The van der Waals surface area contributed by atoms with Gasteiger partial charge in [-0.1, -0.05) is 41.6 Å². The fraction of sp³-hybridized carbons (Fsp3) is 0.286. The number of benzene rings is 2. The smallest absolute Gasteiger partial charge is 0.234 e. The Bertz CT molecular complexity index is 1040. The summed E-state index contributed by atoms with van der Waals surface area (Å²) in [5.74, 6) is 0.910. The van der Waals surface area contributed by atoms with Crippen LogP contribution >= 0.6 is 39.3 Å². The molecule has 10 heteroatoms. The van der Waals surface area contributed by atoms with E-state index in [1.54, 1.807) is 18.2 Å². The second-order valence-corrected chi connectivity index (χ2v) is 9.13. The van der Waals surface area contributed by atoms with Crippen molar-refractivity contribution in [2.45, 2.75) is 11.7 Å². The van der Waals surface area contributed by atoms with E-state index in [0.29, 0.717) is 22.4 Å². The average molecular weight is 523 g/mol. The molecule has 1 saturated heterocycles. The van der Waals surface area contributed by atoms with Gasteiger partial charge in [0.15, 0.2) is 11.0 Å². The lowest BCUT2D eigenvalue weighted by molar-refractivity contribution is -0.113. The van der Waals surface area contributed by atoms with Crippen LogP contribution in [0, 0.1) is 0 Å². The number of morpholine rings is 1. The van der Waals surface area contributed by atoms with E-state index in [1.807, 2.05) is 34.9 Å². The maximum Gasteiger partial charge on any atom is 0.234 e. The summed E-state index contributed by atoms with van der Waals surface area (Å²) in [5.41, 5.74) is 1.62. The molecule has 0 bridgehead atoms. The molecule has 1 aliphatic heterocycles. The van der Waals surface area contributed by atoms with Crippen LogP contribution in [0.15, 0.2) is 58.2 Å². The summed E-state index contributed by atoms with van der Waals surface area (Å²) < 4.78 is 8.24. The maximum atomic E-state index is 12.5. The molecule has 3 aromatic rings. The number of ether oxygens (including phenoxy) is 1. The Kier molecular flexibility index (Phi) is 7.62. The van der Waals surface area contributed by atoms with Crippen molar-refractivity contribution in [3.8, 4) is 5.69 Å². The van der Waals surface area contributed by atoms with Crippen molar-refractivity contribution in [3.05, 3.63) is 63.9 Å². The molecule has 2 aromatic carbocycles. The molecule has 4 rings (SSSR count). The van der Waals surface area contributed by atoms with Crippen LogP contribution in [0.5, 0.6) is 0 Å². The number of para-hydroxylation sites is 1. The summed E-state index contributed by atoms with van der Waals surface area (Å²) >= 11 is 10.8. The van der Waals surface area contributed by atoms with Crippen LogP contribution in [-0.2, 0) is 16.1 Å². The van der Waals surface area contributed by atoms with E-state index < -0.39 is 0 Å². The van der Waals surface area contributed by atoms with Crippen molar-refractivity contribution < 1.29 is 9.53 Å². The van der Waals surface area contributed by atoms with Gasteiger partial charge < -0.3 is 10.1 Å². The van der Waals surface area contributed by atoms with Crippen molar-refractivity contribution >= 4 is 50.9 Å². The molecule has 0 aliphatic carbocycles. The minimum Gasteiger partial charge on any atom is -0.379 e. The average Bonchev–Trinajstić information content (AvgIpc) is 3.18. The minimum absolute atomic E-state index is 0.138. The Labute approximate surface area is 198 Å². The molecule has 1 aliphatic rings. The van der Waals surface area contributed by atoms with Gasteiger partial charge in [-0.3, -0.25) is 14.3 Å². The SMILES string of the molecule is O=C(CSc1nnc(CN2CCOCC2)n1-c1ccccc1)Nc1ccc(Br)c(Cl)c1. The predicted octanol–water partition coefficient (Wildman–Crippen LogP) is 4.25.